The van der Waals surface area contributed by atoms with Crippen molar-refractivity contribution in [2.45, 2.75) is 45.3 Å². The molecule has 1 aromatic heterocycles. The van der Waals surface area contributed by atoms with Gasteiger partial charge in [-0.3, -0.25) is 9.36 Å². The Morgan fingerprint density at radius 3 is 2.95 bits per heavy atom. The van der Waals surface area contributed by atoms with Crippen LogP contribution in [-0.4, -0.2) is 38.0 Å². The second-order valence-electron chi connectivity index (χ2n) is 5.87. The van der Waals surface area contributed by atoms with E-state index in [9.17, 15) is 14.7 Å². The summed E-state index contributed by atoms with van der Waals surface area (Å²) in [5.74, 6) is -0.259. The van der Waals surface area contributed by atoms with E-state index in [0.29, 0.717) is 6.54 Å². The highest BCUT2D eigenvalue weighted by Crippen LogP contribution is 2.35. The molecule has 0 saturated heterocycles. The number of rotatable bonds is 4. The molecule has 7 heteroatoms. The van der Waals surface area contributed by atoms with Crippen LogP contribution in [-0.2, 0) is 18.4 Å². The van der Waals surface area contributed by atoms with E-state index < -0.39 is 0 Å². The molecule has 112 valence electrons. The predicted molar refractivity (Wildman–Crippen MR) is 73.1 cm³/mol. The fourth-order valence-electron chi connectivity index (χ4n) is 2.61. The summed E-state index contributed by atoms with van der Waals surface area (Å²) in [6.45, 7) is 2.32. The van der Waals surface area contributed by atoms with Crippen molar-refractivity contribution < 1.29 is 9.90 Å². The van der Waals surface area contributed by atoms with Gasteiger partial charge in [0, 0.05) is 19.0 Å². The predicted octanol–water partition coefficient (Wildman–Crippen LogP) is -0.361. The van der Waals surface area contributed by atoms with Crippen LogP contribution >= 0.6 is 0 Å². The Bertz CT molecular complexity index is 536. The average Bonchev–Trinajstić information content (AvgIpc) is 2.72. The van der Waals surface area contributed by atoms with Crippen LogP contribution in [0.5, 0.6) is 0 Å². The molecule has 0 radical (unpaired) electrons. The number of aromatic nitrogens is 3. The second-order valence-corrected chi connectivity index (χ2v) is 5.87. The standard InChI is InChI=1S/C13H22N4O3/c1-13(6-4-3-5-10(13)18)8-14-11(19)7-17-12(20)16(2)9-15-17/h9-10,18H,3-8H2,1-2H3,(H,14,19). The third-order valence-electron chi connectivity index (χ3n) is 4.15. The Kier molecular flexibility index (Phi) is 4.27. The molecule has 2 atom stereocenters. The molecule has 1 aliphatic carbocycles. The number of carbonyl (C=O) groups excluding carboxylic acids is 1. The first-order valence-corrected chi connectivity index (χ1v) is 6.95. The summed E-state index contributed by atoms with van der Waals surface area (Å²) < 4.78 is 2.44. The smallest absolute Gasteiger partial charge is 0.345 e. The molecule has 0 bridgehead atoms. The van der Waals surface area contributed by atoms with Crippen LogP contribution in [0, 0.1) is 5.41 Å². The molecule has 1 aromatic rings. The lowest BCUT2D eigenvalue weighted by Crippen LogP contribution is -2.46. The highest BCUT2D eigenvalue weighted by atomic mass is 16.3. The van der Waals surface area contributed by atoms with Crippen LogP contribution < -0.4 is 11.0 Å². The van der Waals surface area contributed by atoms with E-state index in [1.54, 1.807) is 7.05 Å². The van der Waals surface area contributed by atoms with Crippen molar-refractivity contribution in [3.05, 3.63) is 16.8 Å². The summed E-state index contributed by atoms with van der Waals surface area (Å²) in [5.41, 5.74) is -0.590. The Hall–Kier alpha value is -1.63. The third-order valence-corrected chi connectivity index (χ3v) is 4.15. The summed E-state index contributed by atoms with van der Waals surface area (Å²) in [7, 11) is 1.59. The van der Waals surface area contributed by atoms with Gasteiger partial charge in [0.1, 0.15) is 12.9 Å². The number of aryl methyl sites for hydroxylation is 1. The Labute approximate surface area is 117 Å². The second kappa shape index (κ2) is 5.78. The minimum Gasteiger partial charge on any atom is -0.392 e. The highest BCUT2D eigenvalue weighted by Gasteiger charge is 2.35. The normalized spacial score (nSPS) is 26.4. The van der Waals surface area contributed by atoms with Crippen LogP contribution in [0.15, 0.2) is 11.1 Å². The monoisotopic (exact) mass is 282 g/mol. The molecular weight excluding hydrogens is 260 g/mol. The third kappa shape index (κ3) is 3.09. The molecule has 2 N–H and O–H groups in total. The highest BCUT2D eigenvalue weighted by molar-refractivity contribution is 5.75. The Morgan fingerprint density at radius 1 is 1.60 bits per heavy atom. The van der Waals surface area contributed by atoms with Gasteiger partial charge in [0.05, 0.1) is 6.10 Å². The molecule has 1 amide bonds. The maximum Gasteiger partial charge on any atom is 0.345 e. The molecule has 7 nitrogen and oxygen atoms in total. The number of amides is 1. The van der Waals surface area contributed by atoms with Crippen LogP contribution in [0.3, 0.4) is 0 Å². The first-order valence-electron chi connectivity index (χ1n) is 6.95. The summed E-state index contributed by atoms with van der Waals surface area (Å²) in [5, 5.41) is 16.7. The van der Waals surface area contributed by atoms with E-state index in [1.165, 1.54) is 10.9 Å². The minimum atomic E-state index is -0.380. The van der Waals surface area contributed by atoms with Crippen molar-refractivity contribution in [2.75, 3.05) is 6.54 Å². The van der Waals surface area contributed by atoms with Crippen molar-refractivity contribution in [3.63, 3.8) is 0 Å². The van der Waals surface area contributed by atoms with Gasteiger partial charge in [0.15, 0.2) is 0 Å². The minimum absolute atomic E-state index is 0.0914. The number of hydrogen-bond donors (Lipinski definition) is 2. The van der Waals surface area contributed by atoms with E-state index in [1.807, 2.05) is 6.92 Å². The molecule has 0 aliphatic heterocycles. The first-order chi connectivity index (χ1) is 9.42. The number of aliphatic hydroxyl groups excluding tert-OH is 1. The van der Waals surface area contributed by atoms with Crippen LogP contribution in [0.1, 0.15) is 32.6 Å². The lowest BCUT2D eigenvalue weighted by molar-refractivity contribution is -0.123. The molecule has 2 rings (SSSR count). The lowest BCUT2D eigenvalue weighted by atomic mass is 9.73. The average molecular weight is 282 g/mol. The molecule has 1 heterocycles. The van der Waals surface area contributed by atoms with E-state index in [0.717, 1.165) is 30.4 Å². The molecule has 20 heavy (non-hydrogen) atoms. The number of aliphatic hydroxyl groups is 1. The topological polar surface area (TPSA) is 89.2 Å². The quantitative estimate of drug-likeness (QED) is 0.789. The van der Waals surface area contributed by atoms with Gasteiger partial charge in [-0.15, -0.1) is 0 Å². The van der Waals surface area contributed by atoms with Crippen molar-refractivity contribution in [2.24, 2.45) is 12.5 Å². The van der Waals surface area contributed by atoms with Gasteiger partial charge in [-0.2, -0.15) is 5.10 Å². The fraction of sp³-hybridized carbons (Fsp3) is 0.769. The molecule has 1 aliphatic rings. The molecule has 1 fully saturated rings. The largest absolute Gasteiger partial charge is 0.392 e. The Morgan fingerprint density at radius 2 is 2.35 bits per heavy atom. The van der Waals surface area contributed by atoms with Gasteiger partial charge in [-0.25, -0.2) is 9.48 Å². The zero-order chi connectivity index (χ0) is 14.8. The van der Waals surface area contributed by atoms with Gasteiger partial charge >= 0.3 is 5.69 Å². The number of nitrogens with one attached hydrogen (secondary N) is 1. The SMILES string of the molecule is Cn1cnn(CC(=O)NCC2(C)CCCCC2O)c1=O. The summed E-state index contributed by atoms with van der Waals surface area (Å²) in [4.78, 5) is 23.4. The molecule has 1 saturated carbocycles. The van der Waals surface area contributed by atoms with E-state index in [2.05, 4.69) is 10.4 Å². The van der Waals surface area contributed by atoms with Crippen LogP contribution in [0.25, 0.3) is 0 Å². The molecular formula is C13H22N4O3. The van der Waals surface area contributed by atoms with Gasteiger partial charge < -0.3 is 10.4 Å². The van der Waals surface area contributed by atoms with E-state index in [4.69, 9.17) is 0 Å². The van der Waals surface area contributed by atoms with Crippen molar-refractivity contribution in [1.82, 2.24) is 19.7 Å². The zero-order valence-electron chi connectivity index (χ0n) is 12.0. The van der Waals surface area contributed by atoms with Gasteiger partial charge in [0.2, 0.25) is 5.91 Å². The van der Waals surface area contributed by atoms with Gasteiger partial charge in [-0.1, -0.05) is 19.8 Å². The summed E-state index contributed by atoms with van der Waals surface area (Å²) in [6.07, 6.45) is 4.79. The van der Waals surface area contributed by atoms with E-state index in [-0.39, 0.29) is 29.7 Å². The van der Waals surface area contributed by atoms with Crippen LogP contribution in [0.2, 0.25) is 0 Å². The van der Waals surface area contributed by atoms with Crippen LogP contribution in [0.4, 0.5) is 0 Å². The first kappa shape index (κ1) is 14.8. The maximum absolute atomic E-state index is 11.9. The molecule has 2 unspecified atom stereocenters. The molecule has 0 spiro atoms. The number of nitrogens with zero attached hydrogens (tertiary/aromatic N) is 3. The molecule has 0 aromatic carbocycles. The Balaban J connectivity index is 1.89. The maximum atomic E-state index is 11.9. The summed E-state index contributed by atoms with van der Waals surface area (Å²) >= 11 is 0. The fourth-order valence-corrected chi connectivity index (χ4v) is 2.61. The van der Waals surface area contributed by atoms with Crippen molar-refractivity contribution in [1.29, 1.82) is 0 Å². The van der Waals surface area contributed by atoms with Gasteiger partial charge in [-0.05, 0) is 12.8 Å². The van der Waals surface area contributed by atoms with Gasteiger partial charge in [0.25, 0.3) is 0 Å². The number of hydrogen-bond acceptors (Lipinski definition) is 4. The van der Waals surface area contributed by atoms with E-state index >= 15 is 0 Å². The van der Waals surface area contributed by atoms with Crippen molar-refractivity contribution >= 4 is 5.91 Å². The summed E-state index contributed by atoms with van der Waals surface area (Å²) in [6, 6.07) is 0. The number of carbonyl (C=O) groups is 1. The van der Waals surface area contributed by atoms with Crippen molar-refractivity contribution in [3.8, 4) is 0 Å². The zero-order valence-corrected chi connectivity index (χ0v) is 12.0. The lowest BCUT2D eigenvalue weighted by Gasteiger charge is -2.38.